The van der Waals surface area contributed by atoms with Crippen LogP contribution in [0, 0.1) is 11.6 Å². The molecule has 2 aromatic heterocycles. The van der Waals surface area contributed by atoms with E-state index in [1.165, 1.54) is 17.5 Å². The van der Waals surface area contributed by atoms with Gasteiger partial charge in [0.15, 0.2) is 5.13 Å². The van der Waals surface area contributed by atoms with E-state index in [0.717, 1.165) is 12.1 Å². The molecular weight excluding hydrogens is 474 g/mol. The first-order valence-corrected chi connectivity index (χ1v) is 12.6. The van der Waals surface area contributed by atoms with Crippen molar-refractivity contribution in [1.82, 2.24) is 15.0 Å². The van der Waals surface area contributed by atoms with Crippen molar-refractivity contribution < 1.29 is 21.9 Å². The Balaban J connectivity index is 1.94. The van der Waals surface area contributed by atoms with Gasteiger partial charge in [-0.05, 0) is 18.6 Å². The molecule has 4 rings (SSSR count). The number of anilines is 2. The lowest BCUT2D eigenvalue weighted by Gasteiger charge is -2.26. The smallest absolute Gasteiger partial charge is 0.220 e. The maximum Gasteiger partial charge on any atom is 0.220 e. The molecule has 0 aliphatic carbocycles. The van der Waals surface area contributed by atoms with E-state index in [1.807, 2.05) is 4.90 Å². The predicted molar refractivity (Wildman–Crippen MR) is 122 cm³/mol. The summed E-state index contributed by atoms with van der Waals surface area (Å²) in [5.74, 6) is -1.92. The Labute approximate surface area is 193 Å². The van der Waals surface area contributed by atoms with Gasteiger partial charge in [-0.2, -0.15) is 0 Å². The first-order chi connectivity index (χ1) is 15.7. The van der Waals surface area contributed by atoms with E-state index in [2.05, 4.69) is 15.0 Å². The minimum absolute atomic E-state index is 0.000661. The molecule has 1 saturated heterocycles. The summed E-state index contributed by atoms with van der Waals surface area (Å²) in [5.41, 5.74) is 5.41. The fraction of sp³-hybridized carbons (Fsp3) is 0.350. The summed E-state index contributed by atoms with van der Waals surface area (Å²) in [6.07, 6.45) is 1.46. The summed E-state index contributed by atoms with van der Waals surface area (Å²) in [4.78, 5) is 14.9. The molecule has 13 heteroatoms. The Morgan fingerprint density at radius 1 is 1.21 bits per heavy atom. The average molecular weight is 497 g/mol. The molecule has 4 N–H and O–H groups in total. The van der Waals surface area contributed by atoms with Crippen LogP contribution >= 0.6 is 11.3 Å². The van der Waals surface area contributed by atoms with Crippen molar-refractivity contribution in [3.63, 3.8) is 0 Å². The third kappa shape index (κ3) is 4.67. The molecule has 0 amide bonds. The standard InChI is InChI=1S/C20H22F2N6O3S2/c1-2-14(33(24,29)30)11-3-4-12(21)15(16(11)22)17-18(13-5-6-25-19(23)26-13)32-20(27-17)28-7-9-31-10-8-28/h3-6,14H,2,7-10H2,1H3,(H2,23,25,26)(H2,24,29,30). The molecule has 1 atom stereocenters. The van der Waals surface area contributed by atoms with Gasteiger partial charge in [0.2, 0.25) is 16.0 Å². The highest BCUT2D eigenvalue weighted by atomic mass is 32.2. The van der Waals surface area contributed by atoms with Crippen LogP contribution in [0.5, 0.6) is 0 Å². The molecule has 1 aliphatic rings. The minimum atomic E-state index is -4.12. The number of rotatable bonds is 6. The number of benzene rings is 1. The topological polar surface area (TPSA) is 137 Å². The van der Waals surface area contributed by atoms with Crippen LogP contribution in [0.1, 0.15) is 24.2 Å². The van der Waals surface area contributed by atoms with Gasteiger partial charge in [-0.1, -0.05) is 24.3 Å². The first kappa shape index (κ1) is 23.4. The van der Waals surface area contributed by atoms with Gasteiger partial charge in [-0.25, -0.2) is 37.3 Å². The number of sulfonamides is 1. The molecule has 1 aromatic carbocycles. The molecular formula is C20H22F2N6O3S2. The van der Waals surface area contributed by atoms with Crippen LogP contribution in [0.15, 0.2) is 24.4 Å². The van der Waals surface area contributed by atoms with Crippen molar-refractivity contribution in [3.05, 3.63) is 41.6 Å². The van der Waals surface area contributed by atoms with Gasteiger partial charge >= 0.3 is 0 Å². The molecule has 0 saturated carbocycles. The second-order valence-corrected chi connectivity index (χ2v) is 10.1. The van der Waals surface area contributed by atoms with Gasteiger partial charge in [0.1, 0.15) is 16.9 Å². The molecule has 9 nitrogen and oxygen atoms in total. The second-order valence-electron chi connectivity index (χ2n) is 7.39. The number of halogens is 2. The van der Waals surface area contributed by atoms with Crippen LogP contribution in [-0.4, -0.2) is 49.7 Å². The summed E-state index contributed by atoms with van der Waals surface area (Å²) in [6, 6.07) is 3.69. The normalized spacial score (nSPS) is 15.6. The summed E-state index contributed by atoms with van der Waals surface area (Å²) < 4.78 is 60.2. The van der Waals surface area contributed by atoms with Crippen molar-refractivity contribution in [3.8, 4) is 21.8 Å². The highest BCUT2D eigenvalue weighted by molar-refractivity contribution is 7.89. The number of nitrogen functional groups attached to an aromatic ring is 1. The summed E-state index contributed by atoms with van der Waals surface area (Å²) in [5, 5.41) is 4.51. The summed E-state index contributed by atoms with van der Waals surface area (Å²) in [7, 11) is -4.12. The molecule has 1 aliphatic heterocycles. The SMILES string of the molecule is CCC(c1ccc(F)c(-c2nc(N3CCOCC3)sc2-c2ccnc(N)n2)c1F)S(N)(=O)=O. The molecule has 0 spiro atoms. The second kappa shape index (κ2) is 9.25. The third-order valence-corrected chi connectivity index (χ3v) is 7.80. The largest absolute Gasteiger partial charge is 0.378 e. The lowest BCUT2D eigenvalue weighted by Crippen LogP contribution is -2.36. The number of primary sulfonamides is 1. The molecule has 3 heterocycles. The van der Waals surface area contributed by atoms with E-state index in [-0.39, 0.29) is 23.6 Å². The van der Waals surface area contributed by atoms with Crippen molar-refractivity contribution in [2.75, 3.05) is 36.9 Å². The van der Waals surface area contributed by atoms with Crippen LogP contribution in [0.4, 0.5) is 19.9 Å². The van der Waals surface area contributed by atoms with Crippen molar-refractivity contribution in [2.45, 2.75) is 18.6 Å². The van der Waals surface area contributed by atoms with Crippen LogP contribution < -0.4 is 15.8 Å². The number of aromatic nitrogens is 3. The predicted octanol–water partition coefficient (Wildman–Crippen LogP) is 2.70. The highest BCUT2D eigenvalue weighted by Gasteiger charge is 2.31. The number of ether oxygens (including phenoxy) is 1. The zero-order valence-electron chi connectivity index (χ0n) is 17.7. The average Bonchev–Trinajstić information content (AvgIpc) is 3.21. The van der Waals surface area contributed by atoms with Crippen LogP contribution in [0.2, 0.25) is 0 Å². The molecule has 0 radical (unpaired) electrons. The summed E-state index contributed by atoms with van der Waals surface area (Å²) in [6.45, 7) is 3.68. The molecule has 0 bridgehead atoms. The van der Waals surface area contributed by atoms with Gasteiger partial charge in [-0.15, -0.1) is 0 Å². The van der Waals surface area contributed by atoms with E-state index in [4.69, 9.17) is 15.6 Å². The fourth-order valence-corrected chi connectivity index (χ4v) is 5.80. The highest BCUT2D eigenvalue weighted by Crippen LogP contribution is 2.43. The monoisotopic (exact) mass is 496 g/mol. The zero-order valence-corrected chi connectivity index (χ0v) is 19.3. The van der Waals surface area contributed by atoms with Crippen molar-refractivity contribution in [1.29, 1.82) is 0 Å². The fourth-order valence-electron chi connectivity index (χ4n) is 3.71. The number of nitrogens with two attached hydrogens (primary N) is 2. The number of nitrogens with zero attached hydrogens (tertiary/aromatic N) is 4. The number of thiazole rings is 1. The number of morpholine rings is 1. The molecule has 176 valence electrons. The van der Waals surface area contributed by atoms with E-state index in [1.54, 1.807) is 13.0 Å². The van der Waals surface area contributed by atoms with Gasteiger partial charge in [-0.3, -0.25) is 0 Å². The van der Waals surface area contributed by atoms with Gasteiger partial charge in [0.05, 0.1) is 35.0 Å². The zero-order chi connectivity index (χ0) is 23.8. The molecule has 1 unspecified atom stereocenters. The van der Waals surface area contributed by atoms with Crippen LogP contribution in [0.3, 0.4) is 0 Å². The van der Waals surface area contributed by atoms with E-state index in [9.17, 15) is 8.42 Å². The molecule has 33 heavy (non-hydrogen) atoms. The molecule has 1 fully saturated rings. The van der Waals surface area contributed by atoms with E-state index < -0.39 is 32.5 Å². The van der Waals surface area contributed by atoms with Crippen LogP contribution in [0.25, 0.3) is 21.8 Å². The van der Waals surface area contributed by atoms with E-state index >= 15 is 8.78 Å². The van der Waals surface area contributed by atoms with E-state index in [0.29, 0.717) is 42.0 Å². The van der Waals surface area contributed by atoms with Gasteiger partial charge < -0.3 is 15.4 Å². The first-order valence-electron chi connectivity index (χ1n) is 10.1. The number of hydrogen-bond donors (Lipinski definition) is 2. The minimum Gasteiger partial charge on any atom is -0.378 e. The lowest BCUT2D eigenvalue weighted by atomic mass is 10.0. The Morgan fingerprint density at radius 2 is 1.94 bits per heavy atom. The Morgan fingerprint density at radius 3 is 2.58 bits per heavy atom. The van der Waals surface area contributed by atoms with Crippen molar-refractivity contribution in [2.24, 2.45) is 5.14 Å². The van der Waals surface area contributed by atoms with Crippen molar-refractivity contribution >= 4 is 32.4 Å². The maximum absolute atomic E-state index is 15.7. The van der Waals surface area contributed by atoms with Gasteiger partial charge in [0.25, 0.3) is 0 Å². The Bertz CT molecular complexity index is 1280. The maximum atomic E-state index is 15.7. The quantitative estimate of drug-likeness (QED) is 0.531. The third-order valence-electron chi connectivity index (χ3n) is 5.28. The number of hydrogen-bond acceptors (Lipinski definition) is 9. The lowest BCUT2D eigenvalue weighted by molar-refractivity contribution is 0.122. The molecule has 3 aromatic rings. The van der Waals surface area contributed by atoms with Gasteiger partial charge in [0, 0.05) is 24.8 Å². The van der Waals surface area contributed by atoms with Crippen LogP contribution in [-0.2, 0) is 14.8 Å². The Kier molecular flexibility index (Phi) is 6.56. The Hall–Kier alpha value is -2.74. The summed E-state index contributed by atoms with van der Waals surface area (Å²) >= 11 is 1.20.